The van der Waals surface area contributed by atoms with Crippen LogP contribution in [0, 0.1) is 5.92 Å². The maximum atomic E-state index is 11.5. The van der Waals surface area contributed by atoms with Crippen LogP contribution in [-0.4, -0.2) is 28.7 Å². The lowest BCUT2D eigenvalue weighted by Crippen LogP contribution is -2.24. The molecule has 0 amide bonds. The molecule has 3 aliphatic rings. The van der Waals surface area contributed by atoms with E-state index in [0.29, 0.717) is 5.69 Å². The van der Waals surface area contributed by atoms with Crippen LogP contribution in [0.2, 0.25) is 0 Å². The highest BCUT2D eigenvalue weighted by Gasteiger charge is 2.57. The van der Waals surface area contributed by atoms with E-state index in [1.165, 1.54) is 36.6 Å². The van der Waals surface area contributed by atoms with E-state index in [4.69, 9.17) is 4.74 Å². The molecule has 146 valence electrons. The van der Waals surface area contributed by atoms with Crippen molar-refractivity contribution in [2.45, 2.75) is 56.4 Å². The van der Waals surface area contributed by atoms with Crippen molar-refractivity contribution in [1.82, 2.24) is 4.98 Å². The van der Waals surface area contributed by atoms with Crippen LogP contribution in [0.15, 0.2) is 36.7 Å². The SMILES string of the molecule is O=C(O)c1ccncc1N[C@@H]1C[C@]12CCCc1cc(OCCC3CC3)ccc12. The fourth-order valence-electron chi connectivity index (χ4n) is 4.78. The predicted molar refractivity (Wildman–Crippen MR) is 107 cm³/mol. The Morgan fingerprint density at radius 1 is 1.32 bits per heavy atom. The van der Waals surface area contributed by atoms with Crippen molar-refractivity contribution in [2.24, 2.45) is 5.92 Å². The number of ether oxygens (including phenoxy) is 1. The first kappa shape index (κ1) is 17.5. The number of aryl methyl sites for hydroxylation is 1. The largest absolute Gasteiger partial charge is 0.494 e. The molecular formula is C23H26N2O3. The highest BCUT2D eigenvalue weighted by atomic mass is 16.5. The number of anilines is 1. The van der Waals surface area contributed by atoms with Crippen molar-refractivity contribution in [3.8, 4) is 5.75 Å². The minimum Gasteiger partial charge on any atom is -0.494 e. The van der Waals surface area contributed by atoms with Gasteiger partial charge in [-0.2, -0.15) is 0 Å². The second-order valence-corrected chi connectivity index (χ2v) is 8.54. The van der Waals surface area contributed by atoms with Gasteiger partial charge in [0.05, 0.1) is 24.1 Å². The molecule has 0 radical (unpaired) electrons. The summed E-state index contributed by atoms with van der Waals surface area (Å²) in [6.07, 6.45) is 11.5. The number of fused-ring (bicyclic) bond motifs is 2. The summed E-state index contributed by atoms with van der Waals surface area (Å²) in [5, 5.41) is 12.9. The molecule has 0 saturated heterocycles. The molecule has 28 heavy (non-hydrogen) atoms. The van der Waals surface area contributed by atoms with Crippen molar-refractivity contribution in [3.63, 3.8) is 0 Å². The molecule has 0 unspecified atom stereocenters. The monoisotopic (exact) mass is 378 g/mol. The maximum Gasteiger partial charge on any atom is 0.337 e. The lowest BCUT2D eigenvalue weighted by atomic mass is 9.79. The molecule has 1 aromatic carbocycles. The quantitative estimate of drug-likeness (QED) is 0.746. The number of aromatic nitrogens is 1. The summed E-state index contributed by atoms with van der Waals surface area (Å²) in [5.41, 5.74) is 3.82. The predicted octanol–water partition coefficient (Wildman–Crippen LogP) is 4.42. The van der Waals surface area contributed by atoms with Crippen LogP contribution in [0.25, 0.3) is 0 Å². The van der Waals surface area contributed by atoms with Gasteiger partial charge in [0.2, 0.25) is 0 Å². The van der Waals surface area contributed by atoms with Crippen LogP contribution in [0.4, 0.5) is 5.69 Å². The zero-order chi connectivity index (χ0) is 19.1. The Balaban J connectivity index is 1.32. The highest BCUT2D eigenvalue weighted by molar-refractivity contribution is 5.94. The smallest absolute Gasteiger partial charge is 0.337 e. The molecule has 0 aliphatic heterocycles. The Bertz CT molecular complexity index is 908. The van der Waals surface area contributed by atoms with Gasteiger partial charge < -0.3 is 15.2 Å². The Kier molecular flexibility index (Phi) is 4.26. The number of hydrogen-bond donors (Lipinski definition) is 2. The van der Waals surface area contributed by atoms with Gasteiger partial charge in [0.1, 0.15) is 5.75 Å². The van der Waals surface area contributed by atoms with E-state index in [1.807, 2.05) is 0 Å². The Labute approximate surface area is 165 Å². The Morgan fingerprint density at radius 2 is 2.21 bits per heavy atom. The fourth-order valence-corrected chi connectivity index (χ4v) is 4.78. The number of pyridine rings is 1. The first-order valence-corrected chi connectivity index (χ1v) is 10.4. The third-order valence-corrected chi connectivity index (χ3v) is 6.63. The van der Waals surface area contributed by atoms with Crippen LogP contribution in [0.5, 0.6) is 5.75 Å². The number of aromatic carboxylic acids is 1. The summed E-state index contributed by atoms with van der Waals surface area (Å²) in [4.78, 5) is 15.6. The zero-order valence-electron chi connectivity index (χ0n) is 16.0. The highest BCUT2D eigenvalue weighted by Crippen LogP contribution is 2.57. The third kappa shape index (κ3) is 3.23. The second-order valence-electron chi connectivity index (χ2n) is 8.54. The molecule has 2 aromatic rings. The summed E-state index contributed by atoms with van der Waals surface area (Å²) < 4.78 is 5.99. The van der Waals surface area contributed by atoms with E-state index in [-0.39, 0.29) is 17.0 Å². The molecule has 2 atom stereocenters. The van der Waals surface area contributed by atoms with Gasteiger partial charge in [-0.05, 0) is 67.3 Å². The minimum atomic E-state index is -0.920. The normalized spacial score (nSPS) is 25.2. The van der Waals surface area contributed by atoms with Crippen molar-refractivity contribution in [1.29, 1.82) is 0 Å². The number of nitrogens with one attached hydrogen (secondary N) is 1. The molecule has 5 heteroatoms. The Morgan fingerprint density at radius 3 is 3.04 bits per heavy atom. The topological polar surface area (TPSA) is 71.5 Å². The van der Waals surface area contributed by atoms with Crippen LogP contribution < -0.4 is 10.1 Å². The number of nitrogens with zero attached hydrogens (tertiary/aromatic N) is 1. The van der Waals surface area contributed by atoms with Crippen LogP contribution in [-0.2, 0) is 11.8 Å². The molecular weight excluding hydrogens is 352 g/mol. The van der Waals surface area contributed by atoms with Crippen molar-refractivity contribution in [2.75, 3.05) is 11.9 Å². The van der Waals surface area contributed by atoms with Gasteiger partial charge in [-0.3, -0.25) is 4.98 Å². The zero-order valence-corrected chi connectivity index (χ0v) is 16.0. The van der Waals surface area contributed by atoms with Gasteiger partial charge >= 0.3 is 5.97 Å². The van der Waals surface area contributed by atoms with Gasteiger partial charge in [-0.15, -0.1) is 0 Å². The summed E-state index contributed by atoms with van der Waals surface area (Å²) in [6.45, 7) is 0.817. The molecule has 2 N–H and O–H groups in total. The minimum absolute atomic E-state index is 0.117. The summed E-state index contributed by atoms with van der Waals surface area (Å²) in [7, 11) is 0. The summed E-state index contributed by atoms with van der Waals surface area (Å²) in [5.74, 6) is 0.959. The van der Waals surface area contributed by atoms with E-state index in [0.717, 1.165) is 44.0 Å². The molecule has 5 rings (SSSR count). The molecule has 5 nitrogen and oxygen atoms in total. The number of benzene rings is 1. The summed E-state index contributed by atoms with van der Waals surface area (Å²) in [6, 6.07) is 8.39. The first-order chi connectivity index (χ1) is 13.7. The molecule has 1 aromatic heterocycles. The number of carbonyl (C=O) groups is 1. The van der Waals surface area contributed by atoms with Crippen LogP contribution >= 0.6 is 0 Å². The van der Waals surface area contributed by atoms with E-state index in [2.05, 4.69) is 28.5 Å². The molecule has 1 heterocycles. The standard InChI is InChI=1S/C23H26N2O3/c26-22(27)18-7-10-24-14-20(18)25-21-13-23(21)9-1-2-16-12-17(5-6-19(16)23)28-11-8-15-3-4-15/h5-7,10,12,14-15,21,25H,1-4,8-9,11,13H2,(H,26,27)/t21-,23+/m1/s1. The first-order valence-electron chi connectivity index (χ1n) is 10.4. The van der Waals surface area contributed by atoms with Crippen LogP contribution in [0.3, 0.4) is 0 Å². The van der Waals surface area contributed by atoms with Gasteiger partial charge in [-0.1, -0.05) is 18.9 Å². The van der Waals surface area contributed by atoms with Crippen molar-refractivity contribution in [3.05, 3.63) is 53.3 Å². The van der Waals surface area contributed by atoms with Gasteiger partial charge in [0.25, 0.3) is 0 Å². The van der Waals surface area contributed by atoms with E-state index >= 15 is 0 Å². The lowest BCUT2D eigenvalue weighted by molar-refractivity contribution is 0.0697. The maximum absolute atomic E-state index is 11.5. The third-order valence-electron chi connectivity index (χ3n) is 6.63. The second kappa shape index (κ2) is 6.80. The molecule has 0 bridgehead atoms. The van der Waals surface area contributed by atoms with E-state index in [1.54, 1.807) is 12.3 Å². The molecule has 2 fully saturated rings. The molecule has 3 aliphatic carbocycles. The number of rotatable bonds is 7. The number of carboxylic acids is 1. The van der Waals surface area contributed by atoms with E-state index < -0.39 is 5.97 Å². The van der Waals surface area contributed by atoms with E-state index in [9.17, 15) is 9.90 Å². The number of hydrogen-bond acceptors (Lipinski definition) is 4. The van der Waals surface area contributed by atoms with Crippen molar-refractivity contribution < 1.29 is 14.6 Å². The molecule has 2 saturated carbocycles. The average Bonchev–Trinajstić information content (AvgIpc) is 3.61. The number of carboxylic acid groups (broad SMARTS) is 1. The van der Waals surface area contributed by atoms with Gasteiger partial charge in [-0.25, -0.2) is 4.79 Å². The van der Waals surface area contributed by atoms with Crippen molar-refractivity contribution >= 4 is 11.7 Å². The fraction of sp³-hybridized carbons (Fsp3) is 0.478. The van der Waals surface area contributed by atoms with Gasteiger partial charge in [0, 0.05) is 17.7 Å². The molecule has 1 spiro atoms. The van der Waals surface area contributed by atoms with Crippen LogP contribution in [0.1, 0.15) is 60.0 Å². The average molecular weight is 378 g/mol. The Hall–Kier alpha value is -2.56. The lowest BCUT2D eigenvalue weighted by Gasteiger charge is -2.27. The van der Waals surface area contributed by atoms with Gasteiger partial charge in [0.15, 0.2) is 0 Å². The summed E-state index contributed by atoms with van der Waals surface area (Å²) >= 11 is 0.